The fourth-order valence-electron chi connectivity index (χ4n) is 1.33. The van der Waals surface area contributed by atoms with Gasteiger partial charge in [0.1, 0.15) is 6.61 Å². The standard InChI is InChI=1S/C14H16O4/c1-10-4-6-12(7-5-10)8-13(14(16)17-3)9-18-11(2)15/h4-8H,9H2,1-3H3/b13-8+. The molecule has 18 heavy (non-hydrogen) atoms. The molecule has 1 aromatic rings. The summed E-state index contributed by atoms with van der Waals surface area (Å²) in [6.07, 6.45) is 1.65. The summed E-state index contributed by atoms with van der Waals surface area (Å²) in [6.45, 7) is 3.18. The molecular weight excluding hydrogens is 232 g/mol. The first-order valence-corrected chi connectivity index (χ1v) is 5.52. The molecule has 0 heterocycles. The van der Waals surface area contributed by atoms with E-state index in [4.69, 9.17) is 4.74 Å². The van der Waals surface area contributed by atoms with E-state index in [1.807, 2.05) is 31.2 Å². The lowest BCUT2D eigenvalue weighted by atomic mass is 10.1. The smallest absolute Gasteiger partial charge is 0.337 e. The van der Waals surface area contributed by atoms with Gasteiger partial charge in [0.05, 0.1) is 12.7 Å². The van der Waals surface area contributed by atoms with E-state index in [2.05, 4.69) is 4.74 Å². The summed E-state index contributed by atoms with van der Waals surface area (Å²) >= 11 is 0. The van der Waals surface area contributed by atoms with E-state index in [-0.39, 0.29) is 6.61 Å². The normalized spacial score (nSPS) is 10.9. The number of benzene rings is 1. The summed E-state index contributed by atoms with van der Waals surface area (Å²) in [6, 6.07) is 7.64. The molecule has 0 fully saturated rings. The van der Waals surface area contributed by atoms with Crippen LogP contribution in [0.4, 0.5) is 0 Å². The van der Waals surface area contributed by atoms with E-state index >= 15 is 0 Å². The average Bonchev–Trinajstić information content (AvgIpc) is 2.35. The van der Waals surface area contributed by atoms with Gasteiger partial charge in [-0.15, -0.1) is 0 Å². The lowest BCUT2D eigenvalue weighted by Gasteiger charge is -2.06. The Morgan fingerprint density at radius 3 is 2.33 bits per heavy atom. The number of carbonyl (C=O) groups excluding carboxylic acids is 2. The van der Waals surface area contributed by atoms with Crippen LogP contribution in [0, 0.1) is 6.92 Å². The Kier molecular flexibility index (Phi) is 5.11. The highest BCUT2D eigenvalue weighted by Gasteiger charge is 2.11. The maximum Gasteiger partial charge on any atom is 0.337 e. The topological polar surface area (TPSA) is 52.6 Å². The highest BCUT2D eigenvalue weighted by molar-refractivity contribution is 5.94. The van der Waals surface area contributed by atoms with Crippen molar-refractivity contribution in [3.05, 3.63) is 41.0 Å². The van der Waals surface area contributed by atoms with E-state index in [0.717, 1.165) is 11.1 Å². The van der Waals surface area contributed by atoms with Crippen molar-refractivity contribution in [1.29, 1.82) is 0 Å². The first-order chi connectivity index (χ1) is 8.52. The van der Waals surface area contributed by atoms with Crippen LogP contribution in [0.1, 0.15) is 18.1 Å². The lowest BCUT2D eigenvalue weighted by molar-refractivity contribution is -0.141. The summed E-state index contributed by atoms with van der Waals surface area (Å²) in [4.78, 5) is 22.3. The highest BCUT2D eigenvalue weighted by Crippen LogP contribution is 2.10. The summed E-state index contributed by atoms with van der Waals surface area (Å²) < 4.78 is 9.46. The van der Waals surface area contributed by atoms with Crippen LogP contribution in [0.5, 0.6) is 0 Å². The van der Waals surface area contributed by atoms with Gasteiger partial charge in [-0.3, -0.25) is 4.79 Å². The van der Waals surface area contributed by atoms with Gasteiger partial charge < -0.3 is 9.47 Å². The summed E-state index contributed by atoms with van der Waals surface area (Å²) in [5.74, 6) is -0.939. The minimum Gasteiger partial charge on any atom is -0.466 e. The van der Waals surface area contributed by atoms with Gasteiger partial charge in [0.2, 0.25) is 0 Å². The van der Waals surface area contributed by atoms with Crippen LogP contribution in [0.3, 0.4) is 0 Å². The molecule has 0 aliphatic rings. The fraction of sp³-hybridized carbons (Fsp3) is 0.286. The Hall–Kier alpha value is -2.10. The van der Waals surface area contributed by atoms with Crippen LogP contribution in [-0.2, 0) is 19.1 Å². The largest absolute Gasteiger partial charge is 0.466 e. The molecule has 0 aliphatic carbocycles. The molecule has 0 saturated carbocycles. The molecule has 0 aromatic heterocycles. The van der Waals surface area contributed by atoms with E-state index in [0.29, 0.717) is 5.57 Å². The van der Waals surface area contributed by atoms with Crippen LogP contribution in [0.25, 0.3) is 6.08 Å². The maximum absolute atomic E-state index is 11.5. The molecule has 0 spiro atoms. The average molecular weight is 248 g/mol. The molecule has 0 N–H and O–H groups in total. The number of hydrogen-bond donors (Lipinski definition) is 0. The van der Waals surface area contributed by atoms with Crippen molar-refractivity contribution < 1.29 is 19.1 Å². The lowest BCUT2D eigenvalue weighted by Crippen LogP contribution is -2.12. The van der Waals surface area contributed by atoms with Crippen LogP contribution >= 0.6 is 0 Å². The van der Waals surface area contributed by atoms with Gasteiger partial charge >= 0.3 is 11.9 Å². The predicted octanol–water partition coefficient (Wildman–Crippen LogP) is 2.11. The minimum atomic E-state index is -0.503. The van der Waals surface area contributed by atoms with Gasteiger partial charge in [-0.25, -0.2) is 4.79 Å². The van der Waals surface area contributed by atoms with Gasteiger partial charge in [-0.2, -0.15) is 0 Å². The number of esters is 2. The monoisotopic (exact) mass is 248 g/mol. The first-order valence-electron chi connectivity index (χ1n) is 5.52. The first kappa shape index (κ1) is 14.0. The van der Waals surface area contributed by atoms with Crippen molar-refractivity contribution in [1.82, 2.24) is 0 Å². The molecule has 1 aromatic carbocycles. The third kappa shape index (κ3) is 4.41. The molecule has 0 unspecified atom stereocenters. The zero-order valence-electron chi connectivity index (χ0n) is 10.7. The Balaban J connectivity index is 2.90. The Labute approximate surface area is 106 Å². The molecule has 0 atom stereocenters. The predicted molar refractivity (Wildman–Crippen MR) is 67.8 cm³/mol. The molecule has 0 bridgehead atoms. The van der Waals surface area contributed by atoms with Crippen molar-refractivity contribution in [2.24, 2.45) is 0 Å². The van der Waals surface area contributed by atoms with Crippen molar-refractivity contribution in [2.45, 2.75) is 13.8 Å². The zero-order valence-corrected chi connectivity index (χ0v) is 10.7. The summed E-state index contributed by atoms with van der Waals surface area (Å²) in [5.41, 5.74) is 2.29. The second kappa shape index (κ2) is 6.59. The number of carbonyl (C=O) groups is 2. The van der Waals surface area contributed by atoms with Crippen LogP contribution in [0.15, 0.2) is 29.8 Å². The van der Waals surface area contributed by atoms with E-state index in [9.17, 15) is 9.59 Å². The number of rotatable bonds is 4. The molecule has 4 nitrogen and oxygen atoms in total. The van der Waals surface area contributed by atoms with Crippen LogP contribution in [-0.4, -0.2) is 25.7 Å². The molecule has 0 radical (unpaired) electrons. The SMILES string of the molecule is COC(=O)/C(=C/c1ccc(C)cc1)COC(C)=O. The third-order valence-electron chi connectivity index (χ3n) is 2.30. The van der Waals surface area contributed by atoms with Crippen molar-refractivity contribution >= 4 is 18.0 Å². The number of ether oxygens (including phenoxy) is 2. The Morgan fingerprint density at radius 2 is 1.83 bits per heavy atom. The number of hydrogen-bond acceptors (Lipinski definition) is 4. The fourth-order valence-corrected chi connectivity index (χ4v) is 1.33. The van der Waals surface area contributed by atoms with Gasteiger partial charge in [0, 0.05) is 6.92 Å². The number of aryl methyl sites for hydroxylation is 1. The zero-order chi connectivity index (χ0) is 13.5. The van der Waals surface area contributed by atoms with Crippen LogP contribution in [0.2, 0.25) is 0 Å². The van der Waals surface area contributed by atoms with E-state index < -0.39 is 11.9 Å². The molecule has 96 valence electrons. The molecule has 0 aliphatic heterocycles. The summed E-state index contributed by atoms with van der Waals surface area (Å²) in [7, 11) is 1.29. The molecule has 4 heteroatoms. The maximum atomic E-state index is 11.5. The Bertz CT molecular complexity index is 457. The summed E-state index contributed by atoms with van der Waals surface area (Å²) in [5, 5.41) is 0. The molecule has 0 saturated heterocycles. The third-order valence-corrected chi connectivity index (χ3v) is 2.30. The van der Waals surface area contributed by atoms with Gasteiger partial charge in [0.15, 0.2) is 0 Å². The minimum absolute atomic E-state index is 0.0874. The second-order valence-corrected chi connectivity index (χ2v) is 3.85. The van der Waals surface area contributed by atoms with Crippen molar-refractivity contribution in [3.8, 4) is 0 Å². The Morgan fingerprint density at radius 1 is 1.22 bits per heavy atom. The quantitative estimate of drug-likeness (QED) is 0.605. The molecular formula is C14H16O4. The van der Waals surface area contributed by atoms with E-state index in [1.165, 1.54) is 14.0 Å². The van der Waals surface area contributed by atoms with Gasteiger partial charge in [0.25, 0.3) is 0 Å². The molecule has 1 rings (SSSR count). The van der Waals surface area contributed by atoms with Crippen molar-refractivity contribution in [3.63, 3.8) is 0 Å². The van der Waals surface area contributed by atoms with E-state index in [1.54, 1.807) is 6.08 Å². The van der Waals surface area contributed by atoms with Crippen LogP contribution < -0.4 is 0 Å². The highest BCUT2D eigenvalue weighted by atomic mass is 16.5. The second-order valence-electron chi connectivity index (χ2n) is 3.85. The van der Waals surface area contributed by atoms with Gasteiger partial charge in [-0.05, 0) is 18.6 Å². The van der Waals surface area contributed by atoms with Gasteiger partial charge in [-0.1, -0.05) is 29.8 Å². The molecule has 0 amide bonds. The van der Waals surface area contributed by atoms with Crippen molar-refractivity contribution in [2.75, 3.05) is 13.7 Å². The number of methoxy groups -OCH3 is 1.